The molecule has 11 atom stereocenters. The number of allylic oxidation sites excluding steroid dienone is 16. The molecule has 0 spiro atoms. The van der Waals surface area contributed by atoms with Crippen LogP contribution < -0.4 is 0 Å². The third kappa shape index (κ3) is 29.1. The third-order valence-corrected chi connectivity index (χ3v) is 11.6. The topological polar surface area (TPSA) is 214 Å². The van der Waals surface area contributed by atoms with Crippen LogP contribution in [0.4, 0.5) is 0 Å². The standard InChI is InChI=1S/C55H90O14/c1-3-5-7-9-11-13-15-17-19-21-22-23-24-26-28-30-32-34-36-38-47(57)67-44(41-64-39-37-35-33-31-29-27-25-20-18-16-14-12-10-8-6-4-2)42-65-54-53(63)51(61)49(59)46(69-54)43-66-55-52(62)50(60)48(58)45(40-56)68-55/h5-8,11-14,17-20,22-23,27,29,44-46,48-56,58-63H,3-4,9-10,15-16,21,24-26,28,30-43H2,1-2H3/b7-5-,8-6-,13-11-,14-12-,19-17-,20-18-,23-22-,29-27-. The van der Waals surface area contributed by atoms with Gasteiger partial charge >= 0.3 is 5.97 Å². The smallest absolute Gasteiger partial charge is 0.306 e. The Morgan fingerprint density at radius 3 is 1.41 bits per heavy atom. The Bertz CT molecular complexity index is 1500. The maximum atomic E-state index is 13.0. The van der Waals surface area contributed by atoms with Crippen molar-refractivity contribution in [3.05, 3.63) is 97.2 Å². The maximum absolute atomic E-state index is 13.0. The molecule has 2 aliphatic heterocycles. The van der Waals surface area contributed by atoms with Crippen molar-refractivity contribution in [1.82, 2.24) is 0 Å². The molecule has 0 aromatic heterocycles. The summed E-state index contributed by atoms with van der Waals surface area (Å²) in [4.78, 5) is 13.0. The number of aliphatic hydroxyl groups is 7. The van der Waals surface area contributed by atoms with Crippen LogP contribution in [0.2, 0.25) is 0 Å². The summed E-state index contributed by atoms with van der Waals surface area (Å²) >= 11 is 0. The molecule has 2 heterocycles. The van der Waals surface area contributed by atoms with E-state index in [0.717, 1.165) is 116 Å². The van der Waals surface area contributed by atoms with Crippen LogP contribution in [0.1, 0.15) is 142 Å². The van der Waals surface area contributed by atoms with E-state index >= 15 is 0 Å². The van der Waals surface area contributed by atoms with E-state index < -0.39 is 86.7 Å². The van der Waals surface area contributed by atoms with Gasteiger partial charge in [-0.25, -0.2) is 0 Å². The van der Waals surface area contributed by atoms with Crippen LogP contribution in [-0.4, -0.2) is 142 Å². The molecule has 2 rings (SSSR count). The van der Waals surface area contributed by atoms with E-state index in [4.69, 9.17) is 28.4 Å². The van der Waals surface area contributed by atoms with Gasteiger partial charge in [0, 0.05) is 13.0 Å². The van der Waals surface area contributed by atoms with E-state index in [0.29, 0.717) is 13.0 Å². The molecule has 0 amide bonds. The molecule has 14 nitrogen and oxygen atoms in total. The van der Waals surface area contributed by atoms with Crippen LogP contribution in [0.5, 0.6) is 0 Å². The first kappa shape index (κ1) is 62.0. The predicted octanol–water partition coefficient (Wildman–Crippen LogP) is 7.85. The van der Waals surface area contributed by atoms with Gasteiger partial charge in [0.05, 0.1) is 26.4 Å². The van der Waals surface area contributed by atoms with Gasteiger partial charge in [-0.3, -0.25) is 4.79 Å². The lowest BCUT2D eigenvalue weighted by molar-refractivity contribution is -0.332. The maximum Gasteiger partial charge on any atom is 0.306 e. The molecule has 0 aliphatic carbocycles. The molecule has 0 radical (unpaired) electrons. The van der Waals surface area contributed by atoms with Crippen LogP contribution in [0.15, 0.2) is 97.2 Å². The Morgan fingerprint density at radius 2 is 0.899 bits per heavy atom. The van der Waals surface area contributed by atoms with Gasteiger partial charge < -0.3 is 64.2 Å². The van der Waals surface area contributed by atoms with E-state index in [1.54, 1.807) is 0 Å². The van der Waals surface area contributed by atoms with E-state index in [-0.39, 0.29) is 19.6 Å². The van der Waals surface area contributed by atoms with Gasteiger partial charge in [-0.2, -0.15) is 0 Å². The molecule has 11 unspecified atom stereocenters. The molecule has 7 N–H and O–H groups in total. The van der Waals surface area contributed by atoms with Gasteiger partial charge in [-0.15, -0.1) is 0 Å². The molecule has 2 fully saturated rings. The highest BCUT2D eigenvalue weighted by Crippen LogP contribution is 2.26. The Kier molecular flexibility index (Phi) is 37.3. The SMILES string of the molecule is CC/C=C\C/C=C\C/C=C\C/C=C\CCCCCCCCC(=O)OC(COCCCCC/C=C\C/C=C\C/C=C\C/C=C\CC)COC1OC(COC2OC(CO)C(O)C(O)C2O)C(O)C(O)C1O. The zero-order chi connectivity index (χ0) is 50.2. The second-order valence-electron chi connectivity index (χ2n) is 17.6. The Morgan fingerprint density at radius 1 is 0.478 bits per heavy atom. The fraction of sp³-hybridized carbons (Fsp3) is 0.691. The number of ether oxygens (including phenoxy) is 6. The summed E-state index contributed by atoms with van der Waals surface area (Å²) < 4.78 is 34.2. The zero-order valence-electron chi connectivity index (χ0n) is 41.8. The monoisotopic (exact) mass is 975 g/mol. The minimum absolute atomic E-state index is 0.0273. The Balaban J connectivity index is 1.79. The lowest BCUT2D eigenvalue weighted by atomic mass is 9.98. The number of aliphatic hydroxyl groups excluding tert-OH is 7. The number of carbonyl (C=O) groups is 1. The molecule has 0 saturated carbocycles. The van der Waals surface area contributed by atoms with Crippen molar-refractivity contribution in [2.24, 2.45) is 0 Å². The lowest BCUT2D eigenvalue weighted by Crippen LogP contribution is -2.61. The summed E-state index contributed by atoms with van der Waals surface area (Å²) in [5.74, 6) is -0.407. The average molecular weight is 975 g/mol. The zero-order valence-corrected chi connectivity index (χ0v) is 41.8. The first-order valence-corrected chi connectivity index (χ1v) is 25.8. The number of esters is 1. The van der Waals surface area contributed by atoms with Crippen molar-refractivity contribution in [1.29, 1.82) is 0 Å². The second kappa shape index (κ2) is 41.5. The highest BCUT2D eigenvalue weighted by atomic mass is 16.7. The average Bonchev–Trinajstić information content (AvgIpc) is 3.35. The van der Waals surface area contributed by atoms with Crippen LogP contribution in [0.3, 0.4) is 0 Å². The van der Waals surface area contributed by atoms with Crippen molar-refractivity contribution in [2.45, 2.75) is 210 Å². The van der Waals surface area contributed by atoms with E-state index in [9.17, 15) is 40.5 Å². The number of hydrogen-bond acceptors (Lipinski definition) is 14. The van der Waals surface area contributed by atoms with Crippen LogP contribution in [0.25, 0.3) is 0 Å². The van der Waals surface area contributed by atoms with Crippen molar-refractivity contribution in [3.63, 3.8) is 0 Å². The predicted molar refractivity (Wildman–Crippen MR) is 270 cm³/mol. The van der Waals surface area contributed by atoms with Crippen LogP contribution >= 0.6 is 0 Å². The number of unbranched alkanes of at least 4 members (excludes halogenated alkanes) is 9. The van der Waals surface area contributed by atoms with Gasteiger partial charge in [-0.1, -0.05) is 143 Å². The van der Waals surface area contributed by atoms with Crippen molar-refractivity contribution >= 4 is 5.97 Å². The molecule has 69 heavy (non-hydrogen) atoms. The third-order valence-electron chi connectivity index (χ3n) is 11.6. The fourth-order valence-corrected chi connectivity index (χ4v) is 7.44. The summed E-state index contributed by atoms with van der Waals surface area (Å²) in [7, 11) is 0. The number of hydrogen-bond donors (Lipinski definition) is 7. The molecular formula is C55H90O14. The molecule has 394 valence electrons. The number of rotatable bonds is 39. The normalized spacial score (nSPS) is 26.5. The van der Waals surface area contributed by atoms with Crippen LogP contribution in [0, 0.1) is 0 Å². The first-order chi connectivity index (χ1) is 33.6. The minimum atomic E-state index is -1.72. The van der Waals surface area contributed by atoms with Crippen molar-refractivity contribution in [2.75, 3.05) is 33.0 Å². The van der Waals surface area contributed by atoms with Crippen LogP contribution in [-0.2, 0) is 33.2 Å². The van der Waals surface area contributed by atoms with E-state index in [1.807, 2.05) is 0 Å². The number of carbonyl (C=O) groups excluding carboxylic acids is 1. The highest BCUT2D eigenvalue weighted by molar-refractivity contribution is 5.69. The van der Waals surface area contributed by atoms with E-state index in [2.05, 4.69) is 111 Å². The molecule has 0 aromatic carbocycles. The highest BCUT2D eigenvalue weighted by Gasteiger charge is 2.47. The minimum Gasteiger partial charge on any atom is -0.457 e. The molecule has 2 saturated heterocycles. The fourth-order valence-electron chi connectivity index (χ4n) is 7.44. The Labute approximate surface area is 413 Å². The van der Waals surface area contributed by atoms with Gasteiger partial charge in [0.15, 0.2) is 12.6 Å². The summed E-state index contributed by atoms with van der Waals surface area (Å²) in [6.07, 6.45) is 37.5. The molecule has 0 aromatic rings. The summed E-state index contributed by atoms with van der Waals surface area (Å²) in [6.45, 7) is 3.33. The summed E-state index contributed by atoms with van der Waals surface area (Å²) in [5, 5.41) is 72.2. The molecular weight excluding hydrogens is 885 g/mol. The van der Waals surface area contributed by atoms with Gasteiger partial charge in [0.25, 0.3) is 0 Å². The lowest BCUT2D eigenvalue weighted by Gasteiger charge is -2.42. The first-order valence-electron chi connectivity index (χ1n) is 25.8. The molecule has 14 heteroatoms. The summed E-state index contributed by atoms with van der Waals surface area (Å²) in [6, 6.07) is 0. The summed E-state index contributed by atoms with van der Waals surface area (Å²) in [5.41, 5.74) is 0. The Hall–Kier alpha value is -3.09. The van der Waals surface area contributed by atoms with Gasteiger partial charge in [-0.05, 0) is 89.9 Å². The quantitative estimate of drug-likeness (QED) is 0.0178. The molecule has 2 aliphatic rings. The second-order valence-corrected chi connectivity index (χ2v) is 17.6. The van der Waals surface area contributed by atoms with Gasteiger partial charge in [0.1, 0.15) is 54.9 Å². The van der Waals surface area contributed by atoms with E-state index in [1.165, 1.54) is 0 Å². The van der Waals surface area contributed by atoms with Crippen molar-refractivity contribution < 1.29 is 69.0 Å². The molecule has 0 bridgehead atoms. The largest absolute Gasteiger partial charge is 0.457 e. The van der Waals surface area contributed by atoms with Crippen molar-refractivity contribution in [3.8, 4) is 0 Å². The van der Waals surface area contributed by atoms with Gasteiger partial charge in [0.2, 0.25) is 0 Å².